The molecule has 0 heterocycles. The minimum absolute atomic E-state index is 0.217. The van der Waals surface area contributed by atoms with Crippen LogP contribution in [0.15, 0.2) is 29.2 Å². The lowest BCUT2D eigenvalue weighted by molar-refractivity contribution is -0.137. The average molecular weight is 296 g/mol. The van der Waals surface area contributed by atoms with Crippen LogP contribution in [-0.4, -0.2) is 21.0 Å². The summed E-state index contributed by atoms with van der Waals surface area (Å²) in [6, 6.07) is 1.88. The first kappa shape index (κ1) is 15.3. The molecule has 0 aliphatic carbocycles. The molecule has 0 aromatic heterocycles. The molecule has 0 saturated carbocycles. The van der Waals surface area contributed by atoms with Gasteiger partial charge in [-0.1, -0.05) is 0 Å². The third-order valence-electron chi connectivity index (χ3n) is 2.06. The smallest absolute Gasteiger partial charge is 0.338 e. The van der Waals surface area contributed by atoms with Crippen molar-refractivity contribution in [1.82, 2.24) is 10.0 Å². The number of urea groups is 1. The molecule has 1 aromatic rings. The van der Waals surface area contributed by atoms with Gasteiger partial charge >= 0.3 is 12.2 Å². The van der Waals surface area contributed by atoms with Gasteiger partial charge in [0.25, 0.3) is 10.0 Å². The number of hydrogen-bond acceptors (Lipinski definition) is 3. The minimum atomic E-state index is -4.55. The zero-order chi connectivity index (χ0) is 14.7. The lowest BCUT2D eigenvalue weighted by Crippen LogP contribution is -2.39. The highest BCUT2D eigenvalue weighted by molar-refractivity contribution is 7.90. The molecule has 19 heavy (non-hydrogen) atoms. The van der Waals surface area contributed by atoms with Crippen molar-refractivity contribution in [2.24, 2.45) is 0 Å². The predicted molar refractivity (Wildman–Crippen MR) is 60.8 cm³/mol. The minimum Gasteiger partial charge on any atom is -0.338 e. The highest BCUT2D eigenvalue weighted by Gasteiger charge is 2.30. The van der Waals surface area contributed by atoms with Crippen LogP contribution in [0.2, 0.25) is 0 Å². The molecule has 0 radical (unpaired) electrons. The van der Waals surface area contributed by atoms with Crippen molar-refractivity contribution in [3.63, 3.8) is 0 Å². The first-order valence-electron chi connectivity index (χ1n) is 5.14. The highest BCUT2D eigenvalue weighted by atomic mass is 32.2. The van der Waals surface area contributed by atoms with Gasteiger partial charge in [0.1, 0.15) is 0 Å². The van der Waals surface area contributed by atoms with E-state index in [1.54, 1.807) is 11.6 Å². The van der Waals surface area contributed by atoms with Crippen molar-refractivity contribution < 1.29 is 26.4 Å². The maximum absolute atomic E-state index is 12.3. The molecule has 0 aliphatic heterocycles. The van der Waals surface area contributed by atoms with Gasteiger partial charge in [0, 0.05) is 6.54 Å². The number of hydrogen-bond donors (Lipinski definition) is 2. The van der Waals surface area contributed by atoms with Gasteiger partial charge in [0.2, 0.25) is 0 Å². The Hall–Kier alpha value is -1.77. The Kier molecular flexibility index (Phi) is 4.40. The van der Waals surface area contributed by atoms with Crippen LogP contribution in [0.25, 0.3) is 0 Å². The third kappa shape index (κ3) is 4.12. The molecule has 1 rings (SSSR count). The molecule has 0 fully saturated rings. The Morgan fingerprint density at radius 3 is 2.16 bits per heavy atom. The molecular weight excluding hydrogens is 285 g/mol. The molecule has 0 atom stereocenters. The topological polar surface area (TPSA) is 75.3 Å². The monoisotopic (exact) mass is 296 g/mol. The summed E-state index contributed by atoms with van der Waals surface area (Å²) in [5.74, 6) is 0. The van der Waals surface area contributed by atoms with Crippen LogP contribution < -0.4 is 10.0 Å². The fraction of sp³-hybridized carbons (Fsp3) is 0.300. The van der Waals surface area contributed by atoms with Crippen LogP contribution >= 0.6 is 0 Å². The van der Waals surface area contributed by atoms with Crippen molar-refractivity contribution in [1.29, 1.82) is 0 Å². The number of carbonyl (C=O) groups is 1. The average Bonchev–Trinajstić information content (AvgIpc) is 2.27. The van der Waals surface area contributed by atoms with E-state index in [0.29, 0.717) is 12.1 Å². The van der Waals surface area contributed by atoms with E-state index in [1.807, 2.05) is 0 Å². The molecule has 5 nitrogen and oxygen atoms in total. The van der Waals surface area contributed by atoms with E-state index in [2.05, 4.69) is 5.32 Å². The van der Waals surface area contributed by atoms with Crippen LogP contribution in [0.1, 0.15) is 12.5 Å². The van der Waals surface area contributed by atoms with Gasteiger partial charge < -0.3 is 5.32 Å². The Bertz CT molecular complexity index is 552. The van der Waals surface area contributed by atoms with Crippen molar-refractivity contribution in [3.8, 4) is 0 Å². The molecule has 106 valence electrons. The predicted octanol–water partition coefficient (Wildman–Crippen LogP) is 1.71. The third-order valence-corrected chi connectivity index (χ3v) is 3.40. The standard InChI is InChI=1S/C10H11F3N2O3S/c1-2-14-9(16)15-19(17,18)8-5-3-7(4-6-8)10(11,12)13/h3-6H,2H2,1H3,(H2,14,15,16). The molecule has 2 N–H and O–H groups in total. The number of rotatable bonds is 3. The summed E-state index contributed by atoms with van der Waals surface area (Å²) in [6.07, 6.45) is -4.55. The second-order valence-corrected chi connectivity index (χ2v) is 5.17. The molecular formula is C10H11F3N2O3S. The number of halogens is 3. The van der Waals surface area contributed by atoms with Crippen LogP contribution in [0.4, 0.5) is 18.0 Å². The summed E-state index contributed by atoms with van der Waals surface area (Å²) in [6.45, 7) is 1.80. The number of sulfonamides is 1. The normalized spacial score (nSPS) is 12.0. The van der Waals surface area contributed by atoms with Crippen molar-refractivity contribution in [3.05, 3.63) is 29.8 Å². The Balaban J connectivity index is 2.94. The van der Waals surface area contributed by atoms with Gasteiger partial charge in [-0.2, -0.15) is 13.2 Å². The number of alkyl halides is 3. The second kappa shape index (κ2) is 5.47. The fourth-order valence-electron chi connectivity index (χ4n) is 1.20. The van der Waals surface area contributed by atoms with Crippen LogP contribution in [-0.2, 0) is 16.2 Å². The molecule has 0 aliphatic rings. The van der Waals surface area contributed by atoms with Gasteiger partial charge in [-0.3, -0.25) is 0 Å². The Morgan fingerprint density at radius 2 is 1.74 bits per heavy atom. The first-order valence-corrected chi connectivity index (χ1v) is 6.63. The van der Waals surface area contributed by atoms with E-state index in [4.69, 9.17) is 0 Å². The summed E-state index contributed by atoms with van der Waals surface area (Å²) in [5, 5.41) is 2.20. The molecule has 0 saturated heterocycles. The molecule has 0 spiro atoms. The molecule has 2 amide bonds. The Labute approximate surface area is 107 Å². The SMILES string of the molecule is CCNC(=O)NS(=O)(=O)c1ccc(C(F)(F)F)cc1. The summed E-state index contributed by atoms with van der Waals surface area (Å²) in [5.41, 5.74) is -0.968. The maximum atomic E-state index is 12.3. The summed E-state index contributed by atoms with van der Waals surface area (Å²) >= 11 is 0. The largest absolute Gasteiger partial charge is 0.416 e. The van der Waals surface area contributed by atoms with Gasteiger partial charge in [0.05, 0.1) is 10.5 Å². The van der Waals surface area contributed by atoms with Crippen LogP contribution in [0, 0.1) is 0 Å². The van der Waals surface area contributed by atoms with Crippen LogP contribution in [0.5, 0.6) is 0 Å². The fourth-order valence-corrected chi connectivity index (χ4v) is 2.13. The van der Waals surface area contributed by atoms with E-state index < -0.39 is 32.7 Å². The quantitative estimate of drug-likeness (QED) is 0.891. The maximum Gasteiger partial charge on any atom is 0.416 e. The summed E-state index contributed by atoms with van der Waals surface area (Å²) in [7, 11) is -4.17. The van der Waals surface area contributed by atoms with E-state index >= 15 is 0 Å². The lowest BCUT2D eigenvalue weighted by atomic mass is 10.2. The molecule has 0 unspecified atom stereocenters. The van der Waals surface area contributed by atoms with E-state index in [0.717, 1.165) is 12.1 Å². The molecule has 1 aromatic carbocycles. The Morgan fingerprint density at radius 1 is 1.21 bits per heavy atom. The van der Waals surface area contributed by atoms with Crippen molar-refractivity contribution >= 4 is 16.1 Å². The number of amides is 2. The van der Waals surface area contributed by atoms with Gasteiger partial charge in [0.15, 0.2) is 0 Å². The summed E-state index contributed by atoms with van der Waals surface area (Å²) in [4.78, 5) is 10.7. The number of benzene rings is 1. The van der Waals surface area contributed by atoms with Gasteiger partial charge in [-0.05, 0) is 31.2 Å². The van der Waals surface area contributed by atoms with E-state index in [-0.39, 0.29) is 6.54 Å². The highest BCUT2D eigenvalue weighted by Crippen LogP contribution is 2.29. The zero-order valence-electron chi connectivity index (χ0n) is 9.78. The van der Waals surface area contributed by atoms with Crippen LogP contribution in [0.3, 0.4) is 0 Å². The second-order valence-electron chi connectivity index (χ2n) is 3.49. The van der Waals surface area contributed by atoms with E-state index in [1.165, 1.54) is 0 Å². The van der Waals surface area contributed by atoms with Gasteiger partial charge in [-0.15, -0.1) is 0 Å². The number of carbonyl (C=O) groups excluding carboxylic acids is 1. The first-order chi connectivity index (χ1) is 8.66. The van der Waals surface area contributed by atoms with Gasteiger partial charge in [-0.25, -0.2) is 17.9 Å². The van der Waals surface area contributed by atoms with E-state index in [9.17, 15) is 26.4 Å². The lowest BCUT2D eigenvalue weighted by Gasteiger charge is -2.09. The summed E-state index contributed by atoms with van der Waals surface area (Å²) < 4.78 is 61.8. The molecule has 9 heteroatoms. The zero-order valence-corrected chi connectivity index (χ0v) is 10.6. The van der Waals surface area contributed by atoms with Crippen molar-refractivity contribution in [2.75, 3.05) is 6.54 Å². The number of nitrogens with one attached hydrogen (secondary N) is 2. The molecule has 0 bridgehead atoms. The van der Waals surface area contributed by atoms with Crippen molar-refractivity contribution in [2.45, 2.75) is 18.0 Å².